The van der Waals surface area contributed by atoms with Crippen molar-refractivity contribution in [1.82, 2.24) is 0 Å². The van der Waals surface area contributed by atoms with Gasteiger partial charge in [-0.2, -0.15) is 13.2 Å². The number of alkyl halides is 3. The monoisotopic (exact) mass is 391 g/mol. The van der Waals surface area contributed by atoms with E-state index < -0.39 is 12.1 Å². The molecule has 0 aliphatic rings. The first kappa shape index (κ1) is 14.8. The zero-order chi connectivity index (χ0) is 14.8. The Hall–Kier alpha value is -1.57. The van der Waals surface area contributed by atoms with Crippen molar-refractivity contribution in [2.24, 2.45) is 0 Å². The number of halogens is 4. The molecular weight excluding hydrogens is 382 g/mol. The second kappa shape index (κ2) is 5.82. The van der Waals surface area contributed by atoms with Gasteiger partial charge in [-0.1, -0.05) is 30.3 Å². The minimum absolute atomic E-state index is 0.180. The third-order valence-electron chi connectivity index (χ3n) is 2.55. The number of rotatable bonds is 2. The van der Waals surface area contributed by atoms with Crippen molar-refractivity contribution in [1.29, 1.82) is 0 Å². The highest BCUT2D eigenvalue weighted by Gasteiger charge is 2.44. The van der Waals surface area contributed by atoms with Gasteiger partial charge in [0, 0.05) is 9.26 Å². The number of anilines is 2. The number of amides is 1. The minimum atomic E-state index is -4.94. The summed E-state index contributed by atoms with van der Waals surface area (Å²) in [6.45, 7) is 0. The molecule has 0 saturated heterocycles. The van der Waals surface area contributed by atoms with Crippen LogP contribution in [-0.4, -0.2) is 12.1 Å². The molecular formula is C14H9F3INO. The van der Waals surface area contributed by atoms with Crippen molar-refractivity contribution in [2.45, 2.75) is 6.18 Å². The molecule has 2 rings (SSSR count). The molecule has 0 fully saturated rings. The lowest BCUT2D eigenvalue weighted by Crippen LogP contribution is -2.38. The van der Waals surface area contributed by atoms with E-state index in [-0.39, 0.29) is 11.4 Å². The maximum atomic E-state index is 12.8. The van der Waals surface area contributed by atoms with Crippen molar-refractivity contribution in [2.75, 3.05) is 4.90 Å². The van der Waals surface area contributed by atoms with Crippen LogP contribution in [0.5, 0.6) is 0 Å². The zero-order valence-electron chi connectivity index (χ0n) is 10.1. The number of hydrogen-bond acceptors (Lipinski definition) is 1. The van der Waals surface area contributed by atoms with E-state index in [1.807, 2.05) is 22.6 Å². The van der Waals surface area contributed by atoms with Crippen LogP contribution in [0.4, 0.5) is 24.5 Å². The summed E-state index contributed by atoms with van der Waals surface area (Å²) in [7, 11) is 0. The highest BCUT2D eigenvalue weighted by molar-refractivity contribution is 14.1. The molecule has 0 N–H and O–H groups in total. The van der Waals surface area contributed by atoms with Crippen LogP contribution in [-0.2, 0) is 4.79 Å². The van der Waals surface area contributed by atoms with Gasteiger partial charge < -0.3 is 0 Å². The van der Waals surface area contributed by atoms with Crippen LogP contribution in [0.1, 0.15) is 0 Å². The minimum Gasteiger partial charge on any atom is -0.272 e. The maximum absolute atomic E-state index is 12.8. The van der Waals surface area contributed by atoms with Crippen LogP contribution < -0.4 is 4.90 Å². The lowest BCUT2D eigenvalue weighted by atomic mass is 10.2. The summed E-state index contributed by atoms with van der Waals surface area (Å²) in [6, 6.07) is 14.2. The number of nitrogens with zero attached hydrogens (tertiary/aromatic N) is 1. The predicted octanol–water partition coefficient (Wildman–Crippen LogP) is 4.52. The standard InChI is InChI=1S/C14H9F3INO/c15-14(16,17)13(20)19(10-6-2-1-3-7-10)12-9-5-4-8-11(12)18/h1-9H. The van der Waals surface area contributed by atoms with Gasteiger partial charge in [-0.15, -0.1) is 0 Å². The van der Waals surface area contributed by atoms with Crippen molar-refractivity contribution < 1.29 is 18.0 Å². The molecule has 0 radical (unpaired) electrons. The summed E-state index contributed by atoms with van der Waals surface area (Å²) in [4.78, 5) is 12.4. The fraction of sp³-hybridized carbons (Fsp3) is 0.0714. The van der Waals surface area contributed by atoms with Crippen molar-refractivity contribution in [3.05, 3.63) is 58.2 Å². The van der Waals surface area contributed by atoms with E-state index in [9.17, 15) is 18.0 Å². The van der Waals surface area contributed by atoms with Gasteiger partial charge in [0.2, 0.25) is 0 Å². The molecule has 0 heterocycles. The number of carbonyl (C=O) groups is 1. The Morgan fingerprint density at radius 2 is 1.50 bits per heavy atom. The molecule has 0 aromatic heterocycles. The molecule has 104 valence electrons. The summed E-state index contributed by atoms with van der Waals surface area (Å²) in [5.41, 5.74) is 0.389. The summed E-state index contributed by atoms with van der Waals surface area (Å²) in [5, 5.41) is 0. The Kier molecular flexibility index (Phi) is 4.32. The first-order valence-corrected chi connectivity index (χ1v) is 6.70. The SMILES string of the molecule is O=C(N(c1ccccc1)c1ccccc1I)C(F)(F)F. The van der Waals surface area contributed by atoms with Gasteiger partial charge in [-0.25, -0.2) is 0 Å². The quantitative estimate of drug-likeness (QED) is 0.690. The summed E-state index contributed by atoms with van der Waals surface area (Å²) >= 11 is 1.90. The third-order valence-corrected chi connectivity index (χ3v) is 3.47. The Labute approximate surface area is 127 Å². The molecule has 0 aliphatic heterocycles. The average Bonchev–Trinajstić information content (AvgIpc) is 2.41. The van der Waals surface area contributed by atoms with Gasteiger partial charge in [0.1, 0.15) is 0 Å². The van der Waals surface area contributed by atoms with Gasteiger partial charge in [-0.3, -0.25) is 9.69 Å². The van der Waals surface area contributed by atoms with Gasteiger partial charge in [0.15, 0.2) is 0 Å². The van der Waals surface area contributed by atoms with Crippen molar-refractivity contribution >= 4 is 39.9 Å². The first-order chi connectivity index (χ1) is 9.41. The molecule has 0 saturated carbocycles. The van der Waals surface area contributed by atoms with Crippen LogP contribution in [0, 0.1) is 3.57 Å². The molecule has 2 aromatic rings. The summed E-state index contributed by atoms with van der Waals surface area (Å²) in [5.74, 6) is -1.91. The Balaban J connectivity index is 2.57. The average molecular weight is 391 g/mol. The molecule has 0 aliphatic carbocycles. The Morgan fingerprint density at radius 1 is 0.950 bits per heavy atom. The molecule has 2 aromatic carbocycles. The molecule has 20 heavy (non-hydrogen) atoms. The third kappa shape index (κ3) is 3.12. The second-order valence-corrected chi connectivity index (χ2v) is 5.09. The van der Waals surface area contributed by atoms with Crippen molar-refractivity contribution in [3.8, 4) is 0 Å². The van der Waals surface area contributed by atoms with Gasteiger partial charge in [-0.05, 0) is 46.9 Å². The van der Waals surface area contributed by atoms with Gasteiger partial charge in [0.05, 0.1) is 5.69 Å². The van der Waals surface area contributed by atoms with Gasteiger partial charge >= 0.3 is 12.1 Å². The lowest BCUT2D eigenvalue weighted by Gasteiger charge is -2.24. The van der Waals surface area contributed by atoms with Crippen LogP contribution in [0.25, 0.3) is 0 Å². The first-order valence-electron chi connectivity index (χ1n) is 5.62. The van der Waals surface area contributed by atoms with E-state index in [1.165, 1.54) is 18.2 Å². The molecule has 2 nitrogen and oxygen atoms in total. The highest BCUT2D eigenvalue weighted by atomic mass is 127. The molecule has 0 bridgehead atoms. The van der Waals surface area contributed by atoms with Crippen LogP contribution in [0.15, 0.2) is 54.6 Å². The molecule has 6 heteroatoms. The molecule has 0 unspecified atom stereocenters. The molecule has 0 atom stereocenters. The van der Waals surface area contributed by atoms with Crippen LogP contribution in [0.3, 0.4) is 0 Å². The van der Waals surface area contributed by atoms with Crippen molar-refractivity contribution in [3.63, 3.8) is 0 Å². The lowest BCUT2D eigenvalue weighted by molar-refractivity contribution is -0.169. The van der Waals surface area contributed by atoms with E-state index in [1.54, 1.807) is 36.4 Å². The fourth-order valence-electron chi connectivity index (χ4n) is 1.70. The largest absolute Gasteiger partial charge is 0.472 e. The Morgan fingerprint density at radius 3 is 2.05 bits per heavy atom. The Bertz CT molecular complexity index is 613. The highest BCUT2D eigenvalue weighted by Crippen LogP contribution is 2.33. The normalized spacial score (nSPS) is 11.2. The van der Waals surface area contributed by atoms with E-state index in [4.69, 9.17) is 0 Å². The van der Waals surface area contributed by atoms with E-state index in [0.717, 1.165) is 0 Å². The smallest absolute Gasteiger partial charge is 0.272 e. The predicted molar refractivity (Wildman–Crippen MR) is 78.8 cm³/mol. The van der Waals surface area contributed by atoms with E-state index in [2.05, 4.69) is 0 Å². The number of para-hydroxylation sites is 2. The van der Waals surface area contributed by atoms with Crippen LogP contribution in [0.2, 0.25) is 0 Å². The van der Waals surface area contributed by atoms with E-state index in [0.29, 0.717) is 8.47 Å². The van der Waals surface area contributed by atoms with E-state index >= 15 is 0 Å². The number of carbonyl (C=O) groups excluding carboxylic acids is 1. The summed E-state index contributed by atoms with van der Waals surface area (Å²) < 4.78 is 39.0. The fourth-order valence-corrected chi connectivity index (χ4v) is 2.33. The van der Waals surface area contributed by atoms with Gasteiger partial charge in [0.25, 0.3) is 0 Å². The number of benzene rings is 2. The summed E-state index contributed by atoms with van der Waals surface area (Å²) in [6.07, 6.45) is -4.94. The van der Waals surface area contributed by atoms with Crippen LogP contribution >= 0.6 is 22.6 Å². The second-order valence-electron chi connectivity index (χ2n) is 3.93. The maximum Gasteiger partial charge on any atom is 0.472 e. The zero-order valence-corrected chi connectivity index (χ0v) is 12.2. The number of hydrogen-bond donors (Lipinski definition) is 0. The molecule has 1 amide bonds. The topological polar surface area (TPSA) is 20.3 Å². The molecule has 0 spiro atoms.